The molecule has 1 aromatic heterocycles. The van der Waals surface area contributed by atoms with Crippen molar-refractivity contribution in [3.63, 3.8) is 0 Å². The number of aryl methyl sites for hydroxylation is 1. The summed E-state index contributed by atoms with van der Waals surface area (Å²) in [5.74, 6) is 0.639. The van der Waals surface area contributed by atoms with Gasteiger partial charge in [0.05, 0.1) is 11.0 Å². The van der Waals surface area contributed by atoms with Crippen LogP contribution in [0.3, 0.4) is 0 Å². The number of carbonyl (C=O) groups is 1. The van der Waals surface area contributed by atoms with Gasteiger partial charge in [0.25, 0.3) is 0 Å². The first-order valence-electron chi connectivity index (χ1n) is 6.07. The van der Waals surface area contributed by atoms with E-state index in [1.165, 1.54) is 0 Å². The average Bonchev–Trinajstić information content (AvgIpc) is 2.76. The maximum absolute atomic E-state index is 10.8. The molecule has 0 saturated carbocycles. The highest BCUT2D eigenvalue weighted by Crippen LogP contribution is 2.12. The Hall–Kier alpha value is -2.10. The van der Waals surface area contributed by atoms with Crippen LogP contribution in [0.1, 0.15) is 25.6 Å². The van der Waals surface area contributed by atoms with Gasteiger partial charge < -0.3 is 10.7 Å². The van der Waals surface area contributed by atoms with Crippen molar-refractivity contribution in [2.75, 3.05) is 0 Å². The standard InChI is InChI=1S/C14H17N3O/c1-10(14(15)18)6-2-5-9-13-16-11-7-3-4-8-12(11)17-13/h3-4,6-8H,2,5,9H2,1H3,(H2,15,18)(H,16,17). The number of primary amides is 1. The second kappa shape index (κ2) is 5.49. The van der Waals surface area contributed by atoms with Crippen molar-refractivity contribution in [1.29, 1.82) is 0 Å². The molecule has 4 nitrogen and oxygen atoms in total. The quantitative estimate of drug-likeness (QED) is 0.625. The molecule has 4 heteroatoms. The minimum Gasteiger partial charge on any atom is -0.366 e. The van der Waals surface area contributed by atoms with E-state index < -0.39 is 0 Å². The summed E-state index contributed by atoms with van der Waals surface area (Å²) in [6, 6.07) is 7.98. The topological polar surface area (TPSA) is 71.8 Å². The van der Waals surface area contributed by atoms with Gasteiger partial charge in [-0.15, -0.1) is 0 Å². The van der Waals surface area contributed by atoms with E-state index in [0.29, 0.717) is 5.57 Å². The van der Waals surface area contributed by atoms with Crippen molar-refractivity contribution >= 4 is 16.9 Å². The van der Waals surface area contributed by atoms with Gasteiger partial charge in [-0.1, -0.05) is 18.2 Å². The second-order valence-electron chi connectivity index (χ2n) is 4.34. The highest BCUT2D eigenvalue weighted by atomic mass is 16.1. The van der Waals surface area contributed by atoms with Crippen molar-refractivity contribution in [2.45, 2.75) is 26.2 Å². The van der Waals surface area contributed by atoms with E-state index >= 15 is 0 Å². The Kier molecular flexibility index (Phi) is 3.77. The molecule has 0 radical (unpaired) electrons. The zero-order chi connectivity index (χ0) is 13.0. The van der Waals surface area contributed by atoms with Crippen LogP contribution in [0.25, 0.3) is 11.0 Å². The first-order valence-corrected chi connectivity index (χ1v) is 6.07. The number of rotatable bonds is 5. The number of allylic oxidation sites excluding steroid dienone is 1. The summed E-state index contributed by atoms with van der Waals surface area (Å²) >= 11 is 0. The molecule has 0 aliphatic heterocycles. The number of imidazole rings is 1. The first-order chi connectivity index (χ1) is 8.66. The van der Waals surface area contributed by atoms with Crippen molar-refractivity contribution in [1.82, 2.24) is 9.97 Å². The number of aromatic nitrogens is 2. The van der Waals surface area contributed by atoms with E-state index in [0.717, 1.165) is 36.1 Å². The van der Waals surface area contributed by atoms with E-state index in [1.54, 1.807) is 6.92 Å². The van der Waals surface area contributed by atoms with Gasteiger partial charge in [-0.25, -0.2) is 4.98 Å². The number of nitrogens with one attached hydrogen (secondary N) is 1. The summed E-state index contributed by atoms with van der Waals surface area (Å²) < 4.78 is 0. The SMILES string of the molecule is CC(=CCCCc1nc2ccccc2[nH]1)C(N)=O. The molecular formula is C14H17N3O. The molecule has 0 atom stereocenters. The monoisotopic (exact) mass is 243 g/mol. The van der Waals surface area contributed by atoms with Crippen LogP contribution in [0, 0.1) is 0 Å². The van der Waals surface area contributed by atoms with Gasteiger partial charge in [0.2, 0.25) is 5.91 Å². The van der Waals surface area contributed by atoms with Crippen LogP contribution in [-0.4, -0.2) is 15.9 Å². The minimum absolute atomic E-state index is 0.348. The molecule has 2 aromatic rings. The van der Waals surface area contributed by atoms with E-state index in [4.69, 9.17) is 5.73 Å². The zero-order valence-corrected chi connectivity index (χ0v) is 10.4. The Balaban J connectivity index is 1.91. The number of hydrogen-bond acceptors (Lipinski definition) is 2. The number of unbranched alkanes of at least 4 members (excludes halogenated alkanes) is 1. The van der Waals surface area contributed by atoms with E-state index in [1.807, 2.05) is 30.3 Å². The summed E-state index contributed by atoms with van der Waals surface area (Å²) in [7, 11) is 0. The molecule has 94 valence electrons. The Labute approximate surface area is 106 Å². The zero-order valence-electron chi connectivity index (χ0n) is 10.4. The van der Waals surface area contributed by atoms with Crippen molar-refractivity contribution in [2.24, 2.45) is 5.73 Å². The molecule has 1 aromatic carbocycles. The van der Waals surface area contributed by atoms with Gasteiger partial charge in [-0.3, -0.25) is 4.79 Å². The smallest absolute Gasteiger partial charge is 0.244 e. The van der Waals surface area contributed by atoms with Gasteiger partial charge in [0.1, 0.15) is 5.82 Å². The van der Waals surface area contributed by atoms with Gasteiger partial charge >= 0.3 is 0 Å². The number of benzene rings is 1. The van der Waals surface area contributed by atoms with Crippen LogP contribution in [0.2, 0.25) is 0 Å². The Bertz CT molecular complexity index is 550. The van der Waals surface area contributed by atoms with Crippen LogP contribution in [-0.2, 0) is 11.2 Å². The molecule has 1 heterocycles. The van der Waals surface area contributed by atoms with Crippen LogP contribution < -0.4 is 5.73 Å². The van der Waals surface area contributed by atoms with Crippen LogP contribution in [0.4, 0.5) is 0 Å². The number of nitrogens with two attached hydrogens (primary N) is 1. The van der Waals surface area contributed by atoms with Crippen molar-refractivity contribution in [3.8, 4) is 0 Å². The summed E-state index contributed by atoms with van der Waals surface area (Å²) in [5, 5.41) is 0. The lowest BCUT2D eigenvalue weighted by molar-refractivity contribution is -0.114. The molecule has 1 amide bonds. The highest BCUT2D eigenvalue weighted by Gasteiger charge is 2.01. The van der Waals surface area contributed by atoms with Crippen molar-refractivity contribution in [3.05, 3.63) is 41.7 Å². The molecule has 2 rings (SSSR count). The van der Waals surface area contributed by atoms with Crippen molar-refractivity contribution < 1.29 is 4.79 Å². The molecule has 3 N–H and O–H groups in total. The van der Waals surface area contributed by atoms with Crippen LogP contribution >= 0.6 is 0 Å². The Morgan fingerprint density at radius 2 is 2.22 bits per heavy atom. The second-order valence-corrected chi connectivity index (χ2v) is 4.34. The lowest BCUT2D eigenvalue weighted by Gasteiger charge is -1.96. The Morgan fingerprint density at radius 1 is 1.44 bits per heavy atom. The molecule has 0 fully saturated rings. The van der Waals surface area contributed by atoms with Gasteiger partial charge in [0, 0.05) is 12.0 Å². The molecule has 0 bridgehead atoms. The molecule has 18 heavy (non-hydrogen) atoms. The summed E-state index contributed by atoms with van der Waals surface area (Å²) in [5.41, 5.74) is 7.84. The average molecular weight is 243 g/mol. The Morgan fingerprint density at radius 3 is 2.94 bits per heavy atom. The molecule has 0 spiro atoms. The van der Waals surface area contributed by atoms with E-state index in [-0.39, 0.29) is 5.91 Å². The number of carbonyl (C=O) groups excluding carboxylic acids is 1. The van der Waals surface area contributed by atoms with Crippen LogP contribution in [0.5, 0.6) is 0 Å². The number of nitrogens with zero attached hydrogens (tertiary/aromatic N) is 1. The molecule has 0 saturated heterocycles. The molecular weight excluding hydrogens is 226 g/mol. The molecule has 0 aliphatic rings. The number of H-pyrrole nitrogens is 1. The summed E-state index contributed by atoms with van der Waals surface area (Å²) in [6.45, 7) is 1.74. The predicted octanol–water partition coefficient (Wildman–Crippen LogP) is 2.32. The molecule has 0 unspecified atom stereocenters. The maximum Gasteiger partial charge on any atom is 0.244 e. The number of fused-ring (bicyclic) bond motifs is 1. The summed E-state index contributed by atoms with van der Waals surface area (Å²) in [6.07, 6.45) is 4.54. The van der Waals surface area contributed by atoms with E-state index in [9.17, 15) is 4.79 Å². The largest absolute Gasteiger partial charge is 0.366 e. The van der Waals surface area contributed by atoms with Gasteiger partial charge in [-0.05, 0) is 31.9 Å². The maximum atomic E-state index is 10.8. The lowest BCUT2D eigenvalue weighted by atomic mass is 10.1. The third-order valence-electron chi connectivity index (χ3n) is 2.90. The van der Waals surface area contributed by atoms with Crippen LogP contribution in [0.15, 0.2) is 35.9 Å². The fourth-order valence-electron chi connectivity index (χ4n) is 1.81. The lowest BCUT2D eigenvalue weighted by Crippen LogP contribution is -2.11. The third kappa shape index (κ3) is 2.97. The third-order valence-corrected chi connectivity index (χ3v) is 2.90. The predicted molar refractivity (Wildman–Crippen MR) is 72.0 cm³/mol. The first kappa shape index (κ1) is 12.4. The summed E-state index contributed by atoms with van der Waals surface area (Å²) in [4.78, 5) is 18.6. The van der Waals surface area contributed by atoms with Gasteiger partial charge in [0.15, 0.2) is 0 Å². The molecule has 0 aliphatic carbocycles. The number of para-hydroxylation sites is 2. The number of hydrogen-bond donors (Lipinski definition) is 2. The minimum atomic E-state index is -0.348. The number of aromatic amines is 1. The number of amides is 1. The van der Waals surface area contributed by atoms with E-state index in [2.05, 4.69) is 9.97 Å². The fraction of sp³-hybridized carbons (Fsp3) is 0.286. The normalized spacial score (nSPS) is 11.9. The fourth-order valence-corrected chi connectivity index (χ4v) is 1.81. The highest BCUT2D eigenvalue weighted by molar-refractivity contribution is 5.91. The van der Waals surface area contributed by atoms with Gasteiger partial charge in [-0.2, -0.15) is 0 Å².